The van der Waals surface area contributed by atoms with Crippen LogP contribution >= 0.6 is 10.7 Å². The van der Waals surface area contributed by atoms with E-state index in [2.05, 4.69) is 4.90 Å². The molecule has 0 saturated heterocycles. The first kappa shape index (κ1) is 14.4. The van der Waals surface area contributed by atoms with Crippen molar-refractivity contribution in [3.8, 4) is 0 Å². The summed E-state index contributed by atoms with van der Waals surface area (Å²) in [7, 11) is 1.09. The Morgan fingerprint density at radius 2 is 1.88 bits per heavy atom. The fourth-order valence-corrected chi connectivity index (χ4v) is 2.44. The quantitative estimate of drug-likeness (QED) is 0.778. The third-order valence-corrected chi connectivity index (χ3v) is 3.91. The predicted molar refractivity (Wildman–Crippen MR) is 66.1 cm³/mol. The van der Waals surface area contributed by atoms with E-state index in [1.165, 1.54) is 12.1 Å². The summed E-state index contributed by atoms with van der Waals surface area (Å²) in [4.78, 5) is 1.63. The highest BCUT2D eigenvalue weighted by Crippen LogP contribution is 2.20. The van der Waals surface area contributed by atoms with Gasteiger partial charge in [0.2, 0.25) is 0 Å². The molecule has 96 valence electrons. The molecule has 0 aliphatic heterocycles. The van der Waals surface area contributed by atoms with Gasteiger partial charge in [-0.15, -0.1) is 0 Å². The van der Waals surface area contributed by atoms with Gasteiger partial charge in [0.25, 0.3) is 9.05 Å². The fourth-order valence-electron chi connectivity index (χ4n) is 1.55. The number of hydrogen-bond donors (Lipinski definition) is 0. The van der Waals surface area contributed by atoms with Crippen LogP contribution in [0.3, 0.4) is 0 Å². The van der Waals surface area contributed by atoms with Gasteiger partial charge in [-0.05, 0) is 30.8 Å². The van der Waals surface area contributed by atoms with Gasteiger partial charge < -0.3 is 0 Å². The van der Waals surface area contributed by atoms with Crippen LogP contribution in [0.1, 0.15) is 19.4 Å². The maximum atomic E-state index is 13.5. The second-order valence-electron chi connectivity index (χ2n) is 3.66. The summed E-state index contributed by atoms with van der Waals surface area (Å²) in [5.41, 5.74) is 0.732. The second-order valence-corrected chi connectivity index (χ2v) is 6.20. The normalized spacial score (nSPS) is 12.1. The van der Waals surface area contributed by atoms with Crippen molar-refractivity contribution in [2.45, 2.75) is 25.3 Å². The molecule has 0 atom stereocenters. The molecule has 0 aliphatic carbocycles. The van der Waals surface area contributed by atoms with Crippen molar-refractivity contribution in [1.82, 2.24) is 4.90 Å². The molecule has 0 bridgehead atoms. The molecule has 1 aromatic carbocycles. The van der Waals surface area contributed by atoms with Crippen LogP contribution in [0.5, 0.6) is 0 Å². The van der Waals surface area contributed by atoms with Gasteiger partial charge in [-0.2, -0.15) is 0 Å². The smallest absolute Gasteiger partial charge is 0.264 e. The molecule has 0 heterocycles. The molecule has 0 unspecified atom stereocenters. The molecule has 1 aromatic rings. The molecule has 0 aliphatic rings. The van der Waals surface area contributed by atoms with Gasteiger partial charge in [0.05, 0.1) is 0 Å². The summed E-state index contributed by atoms with van der Waals surface area (Å²) in [6, 6.07) is 4.00. The monoisotopic (exact) mass is 279 g/mol. The topological polar surface area (TPSA) is 37.4 Å². The van der Waals surface area contributed by atoms with Crippen LogP contribution in [0.15, 0.2) is 23.1 Å². The van der Waals surface area contributed by atoms with E-state index in [1.54, 1.807) is 6.07 Å². The van der Waals surface area contributed by atoms with Crippen molar-refractivity contribution < 1.29 is 12.8 Å². The molecule has 0 amide bonds. The zero-order chi connectivity index (χ0) is 13.1. The molecule has 0 radical (unpaired) electrons. The molecular weight excluding hydrogens is 265 g/mol. The van der Waals surface area contributed by atoms with Crippen LogP contribution < -0.4 is 0 Å². The van der Waals surface area contributed by atoms with E-state index >= 15 is 0 Å². The van der Waals surface area contributed by atoms with Gasteiger partial charge >= 0.3 is 0 Å². The van der Waals surface area contributed by atoms with Crippen LogP contribution in [0, 0.1) is 5.82 Å². The minimum absolute atomic E-state index is 0.470. The van der Waals surface area contributed by atoms with Crippen molar-refractivity contribution in [3.63, 3.8) is 0 Å². The van der Waals surface area contributed by atoms with Crippen LogP contribution in [0.25, 0.3) is 0 Å². The Hall–Kier alpha value is -0.650. The lowest BCUT2D eigenvalue weighted by molar-refractivity contribution is 0.295. The average Bonchev–Trinajstić information content (AvgIpc) is 2.24. The lowest BCUT2D eigenvalue weighted by Gasteiger charge is -2.18. The Labute approximate surface area is 106 Å². The molecule has 0 spiro atoms. The number of hydrogen-bond acceptors (Lipinski definition) is 3. The molecule has 0 aromatic heterocycles. The first-order chi connectivity index (χ1) is 7.88. The zero-order valence-corrected chi connectivity index (χ0v) is 11.4. The van der Waals surface area contributed by atoms with E-state index in [9.17, 15) is 12.8 Å². The maximum absolute atomic E-state index is 13.5. The minimum Gasteiger partial charge on any atom is -0.300 e. The Morgan fingerprint density at radius 1 is 1.29 bits per heavy atom. The molecule has 3 nitrogen and oxygen atoms in total. The first-order valence-corrected chi connectivity index (χ1v) is 7.64. The molecule has 1 rings (SSSR count). The Balaban J connectivity index is 2.97. The first-order valence-electron chi connectivity index (χ1n) is 5.34. The standard InChI is InChI=1S/C11H15ClFNO2S/c1-3-14(4-2)8-9-5-6-11(10(13)7-9)17(12,15)16/h5-7H,3-4,8H2,1-2H3. The highest BCUT2D eigenvalue weighted by atomic mass is 35.7. The summed E-state index contributed by atoms with van der Waals surface area (Å²) >= 11 is 0. The van der Waals surface area contributed by atoms with Gasteiger partial charge in [-0.1, -0.05) is 19.9 Å². The highest BCUT2D eigenvalue weighted by molar-refractivity contribution is 8.13. The van der Waals surface area contributed by atoms with E-state index in [-0.39, 0.29) is 0 Å². The summed E-state index contributed by atoms with van der Waals surface area (Å²) < 4.78 is 35.6. The van der Waals surface area contributed by atoms with Crippen molar-refractivity contribution in [2.24, 2.45) is 0 Å². The lowest BCUT2D eigenvalue weighted by Crippen LogP contribution is -2.22. The molecule has 0 fully saturated rings. The van der Waals surface area contributed by atoms with Crippen molar-refractivity contribution in [3.05, 3.63) is 29.6 Å². The van der Waals surface area contributed by atoms with E-state index < -0.39 is 19.8 Å². The van der Waals surface area contributed by atoms with Gasteiger partial charge in [-0.25, -0.2) is 12.8 Å². The van der Waals surface area contributed by atoms with Crippen LogP contribution in [0.4, 0.5) is 4.39 Å². The average molecular weight is 280 g/mol. The Bertz CT molecular complexity index is 486. The zero-order valence-electron chi connectivity index (χ0n) is 9.78. The van der Waals surface area contributed by atoms with Crippen LogP contribution in [0.2, 0.25) is 0 Å². The summed E-state index contributed by atoms with van der Waals surface area (Å²) in [5, 5.41) is 0. The Kier molecular flexibility index (Phi) is 4.91. The third kappa shape index (κ3) is 3.94. The lowest BCUT2D eigenvalue weighted by atomic mass is 10.2. The molecular formula is C11H15ClFNO2S. The summed E-state index contributed by atoms with van der Waals surface area (Å²) in [5.74, 6) is -0.801. The molecule has 17 heavy (non-hydrogen) atoms. The molecule has 6 heteroatoms. The largest absolute Gasteiger partial charge is 0.300 e. The van der Waals surface area contributed by atoms with E-state index in [0.29, 0.717) is 6.54 Å². The minimum atomic E-state index is -4.01. The van der Waals surface area contributed by atoms with Crippen LogP contribution in [-0.2, 0) is 15.6 Å². The van der Waals surface area contributed by atoms with Crippen LogP contribution in [-0.4, -0.2) is 26.4 Å². The number of rotatable bonds is 5. The van der Waals surface area contributed by atoms with Crippen molar-refractivity contribution >= 4 is 19.7 Å². The van der Waals surface area contributed by atoms with E-state index in [4.69, 9.17) is 10.7 Å². The van der Waals surface area contributed by atoms with Crippen molar-refractivity contribution in [2.75, 3.05) is 13.1 Å². The van der Waals surface area contributed by atoms with Gasteiger partial charge in [0.1, 0.15) is 10.7 Å². The SMILES string of the molecule is CCN(CC)Cc1ccc(S(=O)(=O)Cl)c(F)c1. The number of halogens is 2. The van der Waals surface area contributed by atoms with E-state index in [1.807, 2.05) is 13.8 Å². The number of benzene rings is 1. The summed E-state index contributed by atoms with van der Waals surface area (Å²) in [6.07, 6.45) is 0. The highest BCUT2D eigenvalue weighted by Gasteiger charge is 2.16. The predicted octanol–water partition coefficient (Wildman–Crippen LogP) is 2.60. The Morgan fingerprint density at radius 3 is 2.29 bits per heavy atom. The van der Waals surface area contributed by atoms with Gasteiger partial charge in [0.15, 0.2) is 0 Å². The van der Waals surface area contributed by atoms with Gasteiger partial charge in [0, 0.05) is 17.2 Å². The summed E-state index contributed by atoms with van der Waals surface area (Å²) in [6.45, 7) is 6.32. The van der Waals surface area contributed by atoms with E-state index in [0.717, 1.165) is 18.7 Å². The third-order valence-electron chi connectivity index (χ3n) is 2.56. The number of nitrogens with zero attached hydrogens (tertiary/aromatic N) is 1. The van der Waals surface area contributed by atoms with Crippen molar-refractivity contribution in [1.29, 1.82) is 0 Å². The second kappa shape index (κ2) is 5.80. The molecule has 0 saturated carbocycles. The van der Waals surface area contributed by atoms with Gasteiger partial charge in [-0.3, -0.25) is 4.90 Å². The fraction of sp³-hybridized carbons (Fsp3) is 0.455. The maximum Gasteiger partial charge on any atom is 0.264 e. The molecule has 0 N–H and O–H groups in total.